The largest absolute Gasteiger partial charge is 0.337 e. The van der Waals surface area contributed by atoms with Crippen molar-refractivity contribution in [3.63, 3.8) is 0 Å². The third-order valence-corrected chi connectivity index (χ3v) is 5.09. The fourth-order valence-corrected chi connectivity index (χ4v) is 3.68. The van der Waals surface area contributed by atoms with E-state index in [0.717, 1.165) is 51.1 Å². The molecule has 0 bridgehead atoms. The molecular formula is C17H21N5O. The van der Waals surface area contributed by atoms with Crippen LogP contribution in [-0.2, 0) is 0 Å². The zero-order valence-electron chi connectivity index (χ0n) is 13.1. The highest BCUT2D eigenvalue weighted by molar-refractivity contribution is 5.92. The Labute approximate surface area is 135 Å². The highest BCUT2D eigenvalue weighted by Crippen LogP contribution is 2.38. The smallest absolute Gasteiger partial charge is 0.276 e. The lowest BCUT2D eigenvalue weighted by Crippen LogP contribution is -2.39. The maximum absolute atomic E-state index is 12.7. The van der Waals surface area contributed by atoms with Crippen LogP contribution in [-0.4, -0.2) is 52.0 Å². The summed E-state index contributed by atoms with van der Waals surface area (Å²) < 4.78 is 0. The second kappa shape index (κ2) is 5.77. The van der Waals surface area contributed by atoms with Gasteiger partial charge >= 0.3 is 0 Å². The van der Waals surface area contributed by atoms with Gasteiger partial charge in [0.1, 0.15) is 0 Å². The van der Waals surface area contributed by atoms with Crippen LogP contribution in [0.15, 0.2) is 36.5 Å². The Hall–Kier alpha value is -2.21. The van der Waals surface area contributed by atoms with Gasteiger partial charge in [-0.05, 0) is 49.9 Å². The quantitative estimate of drug-likeness (QED) is 0.912. The van der Waals surface area contributed by atoms with Crippen LogP contribution in [0.4, 0.5) is 0 Å². The summed E-state index contributed by atoms with van der Waals surface area (Å²) in [5.41, 5.74) is 1.61. The van der Waals surface area contributed by atoms with E-state index in [2.05, 4.69) is 15.5 Å². The Bertz CT molecular complexity index is 690. The minimum absolute atomic E-state index is 0.00240. The molecule has 2 saturated heterocycles. The minimum Gasteiger partial charge on any atom is -0.337 e. The van der Waals surface area contributed by atoms with Crippen LogP contribution in [0.2, 0.25) is 0 Å². The molecule has 2 aliphatic heterocycles. The molecule has 0 unspecified atom stereocenters. The molecule has 0 atom stereocenters. The van der Waals surface area contributed by atoms with Gasteiger partial charge in [0, 0.05) is 13.1 Å². The molecule has 0 radical (unpaired) electrons. The van der Waals surface area contributed by atoms with Gasteiger partial charge in [0.15, 0.2) is 5.69 Å². The van der Waals surface area contributed by atoms with Crippen molar-refractivity contribution >= 4 is 5.91 Å². The summed E-state index contributed by atoms with van der Waals surface area (Å²) in [6.07, 6.45) is 5.00. The number of amides is 1. The Balaban J connectivity index is 1.49. The molecule has 1 amide bonds. The Morgan fingerprint density at radius 1 is 1.13 bits per heavy atom. The predicted molar refractivity (Wildman–Crippen MR) is 86.4 cm³/mol. The van der Waals surface area contributed by atoms with Gasteiger partial charge in [-0.15, -0.1) is 5.10 Å². The monoisotopic (exact) mass is 311 g/mol. The summed E-state index contributed by atoms with van der Waals surface area (Å²) in [4.78, 5) is 16.2. The molecule has 1 N–H and O–H groups in total. The van der Waals surface area contributed by atoms with Gasteiger partial charge in [0.25, 0.3) is 5.91 Å². The summed E-state index contributed by atoms with van der Waals surface area (Å²) in [5, 5.41) is 12.0. The van der Waals surface area contributed by atoms with Crippen molar-refractivity contribution in [2.75, 3.05) is 26.2 Å². The van der Waals surface area contributed by atoms with Crippen LogP contribution in [0, 0.1) is 5.41 Å². The SMILES string of the molecule is O=C(c1cnn(-c2ccccc2)n1)N1CCC2(CCNCC2)C1. The number of aromatic nitrogens is 3. The third-order valence-electron chi connectivity index (χ3n) is 5.09. The number of benzene rings is 1. The molecule has 6 heteroatoms. The molecule has 2 aromatic rings. The molecule has 1 spiro atoms. The van der Waals surface area contributed by atoms with E-state index >= 15 is 0 Å². The number of nitrogens with zero attached hydrogens (tertiary/aromatic N) is 4. The molecule has 1 aromatic heterocycles. The topological polar surface area (TPSA) is 63.1 Å². The Morgan fingerprint density at radius 3 is 2.70 bits per heavy atom. The summed E-state index contributed by atoms with van der Waals surface area (Å²) in [7, 11) is 0. The summed E-state index contributed by atoms with van der Waals surface area (Å²) in [6.45, 7) is 3.81. The number of likely N-dealkylation sites (tertiary alicyclic amines) is 1. The zero-order valence-corrected chi connectivity index (χ0v) is 13.1. The highest BCUT2D eigenvalue weighted by atomic mass is 16.2. The van der Waals surface area contributed by atoms with E-state index in [-0.39, 0.29) is 5.91 Å². The zero-order chi connectivity index (χ0) is 15.7. The van der Waals surface area contributed by atoms with E-state index in [4.69, 9.17) is 0 Å². The number of carbonyl (C=O) groups excluding carboxylic acids is 1. The summed E-state index contributed by atoms with van der Waals surface area (Å²) in [6, 6.07) is 9.66. The number of hydrogen-bond acceptors (Lipinski definition) is 4. The molecule has 2 fully saturated rings. The van der Waals surface area contributed by atoms with Gasteiger partial charge in [-0.25, -0.2) is 0 Å². The molecule has 120 valence electrons. The average Bonchev–Trinajstić information content (AvgIpc) is 3.24. The van der Waals surface area contributed by atoms with E-state index in [0.29, 0.717) is 11.1 Å². The molecule has 3 heterocycles. The number of rotatable bonds is 2. The molecule has 2 aliphatic rings. The van der Waals surface area contributed by atoms with Crippen molar-refractivity contribution in [2.45, 2.75) is 19.3 Å². The van der Waals surface area contributed by atoms with Gasteiger partial charge < -0.3 is 10.2 Å². The Kier molecular flexibility index (Phi) is 3.61. The van der Waals surface area contributed by atoms with Crippen molar-refractivity contribution in [3.05, 3.63) is 42.2 Å². The molecule has 23 heavy (non-hydrogen) atoms. The van der Waals surface area contributed by atoms with Crippen molar-refractivity contribution in [1.82, 2.24) is 25.2 Å². The van der Waals surface area contributed by atoms with Crippen LogP contribution < -0.4 is 5.32 Å². The fourth-order valence-electron chi connectivity index (χ4n) is 3.68. The van der Waals surface area contributed by atoms with E-state index in [1.54, 1.807) is 6.20 Å². The third kappa shape index (κ3) is 2.74. The van der Waals surface area contributed by atoms with Crippen LogP contribution in [0.25, 0.3) is 5.69 Å². The number of hydrogen-bond donors (Lipinski definition) is 1. The summed E-state index contributed by atoms with van der Waals surface area (Å²) >= 11 is 0. The lowest BCUT2D eigenvalue weighted by atomic mass is 9.78. The second-order valence-corrected chi connectivity index (χ2v) is 6.58. The lowest BCUT2D eigenvalue weighted by Gasteiger charge is -2.33. The molecular weight excluding hydrogens is 290 g/mol. The van der Waals surface area contributed by atoms with Gasteiger partial charge in [0.05, 0.1) is 11.9 Å². The fraction of sp³-hybridized carbons (Fsp3) is 0.471. The first-order chi connectivity index (χ1) is 11.3. The maximum Gasteiger partial charge on any atom is 0.276 e. The average molecular weight is 311 g/mol. The number of carbonyl (C=O) groups is 1. The second-order valence-electron chi connectivity index (χ2n) is 6.58. The molecule has 0 saturated carbocycles. The predicted octanol–water partition coefficient (Wildman–Crippen LogP) is 1.48. The van der Waals surface area contributed by atoms with E-state index in [1.165, 1.54) is 4.80 Å². The molecule has 1 aromatic carbocycles. The van der Waals surface area contributed by atoms with Gasteiger partial charge in [-0.1, -0.05) is 18.2 Å². The van der Waals surface area contributed by atoms with Gasteiger partial charge in [-0.3, -0.25) is 4.79 Å². The van der Waals surface area contributed by atoms with Crippen LogP contribution >= 0.6 is 0 Å². The van der Waals surface area contributed by atoms with E-state index < -0.39 is 0 Å². The van der Waals surface area contributed by atoms with Crippen LogP contribution in [0.1, 0.15) is 29.8 Å². The van der Waals surface area contributed by atoms with Crippen LogP contribution in [0.5, 0.6) is 0 Å². The van der Waals surface area contributed by atoms with Gasteiger partial charge in [0.2, 0.25) is 0 Å². The summed E-state index contributed by atoms with van der Waals surface area (Å²) in [5.74, 6) is 0.00240. The normalized spacial score (nSPS) is 20.1. The van der Waals surface area contributed by atoms with Gasteiger partial charge in [-0.2, -0.15) is 9.90 Å². The van der Waals surface area contributed by atoms with Crippen LogP contribution in [0.3, 0.4) is 0 Å². The van der Waals surface area contributed by atoms with Crippen molar-refractivity contribution < 1.29 is 4.79 Å². The molecule has 0 aliphatic carbocycles. The van der Waals surface area contributed by atoms with E-state index in [1.807, 2.05) is 35.2 Å². The first kappa shape index (κ1) is 14.4. The number of piperidine rings is 1. The van der Waals surface area contributed by atoms with Crippen molar-refractivity contribution in [1.29, 1.82) is 0 Å². The van der Waals surface area contributed by atoms with E-state index in [9.17, 15) is 4.79 Å². The minimum atomic E-state index is 0.00240. The first-order valence-electron chi connectivity index (χ1n) is 8.24. The number of nitrogens with one attached hydrogen (secondary N) is 1. The first-order valence-corrected chi connectivity index (χ1v) is 8.24. The lowest BCUT2D eigenvalue weighted by molar-refractivity contribution is 0.0755. The standard InChI is InChI=1S/C17H21N5O/c23-16(21-11-8-17(13-21)6-9-18-10-7-17)15-12-19-22(20-15)14-4-2-1-3-5-14/h1-5,12,18H,6-11,13H2. The van der Waals surface area contributed by atoms with Crippen molar-refractivity contribution in [3.8, 4) is 5.69 Å². The maximum atomic E-state index is 12.7. The van der Waals surface area contributed by atoms with Crippen molar-refractivity contribution in [2.24, 2.45) is 5.41 Å². The molecule has 6 nitrogen and oxygen atoms in total. The number of para-hydroxylation sites is 1. The highest BCUT2D eigenvalue weighted by Gasteiger charge is 2.41. The molecule has 4 rings (SSSR count). The Morgan fingerprint density at radius 2 is 1.91 bits per heavy atom.